The molecule has 1 amide bonds. The number of rotatable bonds is 8. The number of anilines is 1. The predicted octanol–water partition coefficient (Wildman–Crippen LogP) is 3.59. The molecule has 31 heavy (non-hydrogen) atoms. The number of para-hydroxylation sites is 1. The van der Waals surface area contributed by atoms with E-state index in [2.05, 4.69) is 15.4 Å². The standard InChI is InChI=1S/C23H23N5O2S/c1-2-27-15-19-21(26-27)22(30)28(14-13-17-9-5-3-6-10-17)23(25-19)31-16-20(29)24-18-11-7-4-8-12-18/h3-12,15H,2,13-14,16H2,1H3,(H,24,29). The normalized spacial score (nSPS) is 11.0. The van der Waals surface area contributed by atoms with E-state index in [0.717, 1.165) is 11.3 Å². The van der Waals surface area contributed by atoms with E-state index in [4.69, 9.17) is 0 Å². The Balaban J connectivity index is 1.58. The van der Waals surface area contributed by atoms with Gasteiger partial charge in [0, 0.05) is 18.8 Å². The second-order valence-electron chi connectivity index (χ2n) is 7.01. The van der Waals surface area contributed by atoms with Crippen molar-refractivity contribution < 1.29 is 4.79 Å². The molecule has 0 atom stereocenters. The summed E-state index contributed by atoms with van der Waals surface area (Å²) in [4.78, 5) is 30.2. The van der Waals surface area contributed by atoms with Gasteiger partial charge in [-0.05, 0) is 31.0 Å². The number of nitrogens with one attached hydrogen (secondary N) is 1. The molecule has 1 N–H and O–H groups in total. The van der Waals surface area contributed by atoms with Gasteiger partial charge in [-0.25, -0.2) is 4.98 Å². The molecule has 0 bridgehead atoms. The van der Waals surface area contributed by atoms with Gasteiger partial charge in [-0.2, -0.15) is 5.10 Å². The largest absolute Gasteiger partial charge is 0.325 e. The molecule has 8 heteroatoms. The maximum atomic E-state index is 13.2. The van der Waals surface area contributed by atoms with E-state index in [0.29, 0.717) is 35.7 Å². The second-order valence-corrected chi connectivity index (χ2v) is 7.95. The Kier molecular flexibility index (Phi) is 6.47. The van der Waals surface area contributed by atoms with Crippen molar-refractivity contribution in [3.05, 3.63) is 82.8 Å². The number of nitrogens with zero attached hydrogens (tertiary/aromatic N) is 4. The minimum Gasteiger partial charge on any atom is -0.325 e. The van der Waals surface area contributed by atoms with Crippen LogP contribution < -0.4 is 10.9 Å². The number of aromatic nitrogens is 4. The highest BCUT2D eigenvalue weighted by Gasteiger charge is 2.16. The summed E-state index contributed by atoms with van der Waals surface area (Å²) in [6.45, 7) is 3.08. The Morgan fingerprint density at radius 3 is 2.48 bits per heavy atom. The molecule has 0 radical (unpaired) electrons. The fraction of sp³-hybridized carbons (Fsp3) is 0.217. The highest BCUT2D eigenvalue weighted by molar-refractivity contribution is 7.99. The minimum atomic E-state index is -0.181. The van der Waals surface area contributed by atoms with Gasteiger partial charge >= 0.3 is 0 Å². The van der Waals surface area contributed by atoms with Crippen LogP contribution in [0.4, 0.5) is 5.69 Å². The lowest BCUT2D eigenvalue weighted by atomic mass is 10.1. The Bertz CT molecular complexity index is 1240. The third-order valence-electron chi connectivity index (χ3n) is 4.82. The zero-order valence-electron chi connectivity index (χ0n) is 17.2. The second kappa shape index (κ2) is 9.61. The van der Waals surface area contributed by atoms with Gasteiger partial charge in [-0.1, -0.05) is 60.3 Å². The number of carbonyl (C=O) groups is 1. The van der Waals surface area contributed by atoms with E-state index in [1.165, 1.54) is 11.8 Å². The topological polar surface area (TPSA) is 81.8 Å². The summed E-state index contributed by atoms with van der Waals surface area (Å²) in [5, 5.41) is 7.75. The minimum absolute atomic E-state index is 0.149. The van der Waals surface area contributed by atoms with E-state index in [-0.39, 0.29) is 17.2 Å². The van der Waals surface area contributed by atoms with Crippen molar-refractivity contribution in [2.75, 3.05) is 11.1 Å². The Labute approximate surface area is 184 Å². The Morgan fingerprint density at radius 2 is 1.77 bits per heavy atom. The highest BCUT2D eigenvalue weighted by Crippen LogP contribution is 2.19. The number of thioether (sulfide) groups is 1. The van der Waals surface area contributed by atoms with Gasteiger partial charge < -0.3 is 5.32 Å². The number of fused-ring (bicyclic) bond motifs is 1. The zero-order chi connectivity index (χ0) is 21.6. The van der Waals surface area contributed by atoms with Gasteiger partial charge in [0.25, 0.3) is 5.56 Å². The van der Waals surface area contributed by atoms with E-state index in [1.807, 2.05) is 67.6 Å². The molecule has 7 nitrogen and oxygen atoms in total. The lowest BCUT2D eigenvalue weighted by Gasteiger charge is -2.12. The average molecular weight is 434 g/mol. The zero-order valence-corrected chi connectivity index (χ0v) is 18.0. The van der Waals surface area contributed by atoms with Gasteiger partial charge in [0.15, 0.2) is 10.7 Å². The molecule has 2 aromatic carbocycles. The molecule has 2 aromatic heterocycles. The van der Waals surface area contributed by atoms with Crippen molar-refractivity contribution >= 4 is 34.4 Å². The lowest BCUT2D eigenvalue weighted by molar-refractivity contribution is -0.113. The summed E-state index contributed by atoms with van der Waals surface area (Å²) >= 11 is 1.26. The van der Waals surface area contributed by atoms with Crippen LogP contribution in [-0.4, -0.2) is 31.0 Å². The van der Waals surface area contributed by atoms with Crippen LogP contribution in [-0.2, 0) is 24.3 Å². The lowest BCUT2D eigenvalue weighted by Crippen LogP contribution is -2.25. The van der Waals surface area contributed by atoms with Crippen molar-refractivity contribution in [2.45, 2.75) is 31.6 Å². The van der Waals surface area contributed by atoms with E-state index in [1.54, 1.807) is 15.4 Å². The number of aryl methyl sites for hydroxylation is 2. The van der Waals surface area contributed by atoms with Gasteiger partial charge in [-0.3, -0.25) is 18.8 Å². The molecule has 4 aromatic rings. The van der Waals surface area contributed by atoms with Gasteiger partial charge in [0.05, 0.1) is 11.9 Å². The third kappa shape index (κ3) is 5.03. The van der Waals surface area contributed by atoms with Gasteiger partial charge in [0.1, 0.15) is 5.52 Å². The molecule has 0 saturated heterocycles. The molecule has 4 rings (SSSR count). The first-order valence-corrected chi connectivity index (χ1v) is 11.1. The van der Waals surface area contributed by atoms with Crippen LogP contribution in [0, 0.1) is 0 Å². The van der Waals surface area contributed by atoms with Crippen molar-refractivity contribution in [2.24, 2.45) is 0 Å². The van der Waals surface area contributed by atoms with Crippen molar-refractivity contribution in [3.63, 3.8) is 0 Å². The molecule has 0 aliphatic carbocycles. The predicted molar refractivity (Wildman–Crippen MR) is 123 cm³/mol. The summed E-state index contributed by atoms with van der Waals surface area (Å²) in [5.74, 6) is 0.00417. The summed E-state index contributed by atoms with van der Waals surface area (Å²) in [7, 11) is 0. The van der Waals surface area contributed by atoms with E-state index >= 15 is 0 Å². The van der Waals surface area contributed by atoms with E-state index < -0.39 is 0 Å². The first-order valence-electron chi connectivity index (χ1n) is 10.1. The fourth-order valence-electron chi connectivity index (χ4n) is 3.23. The molecule has 2 heterocycles. The maximum absolute atomic E-state index is 13.2. The van der Waals surface area contributed by atoms with Gasteiger partial charge in [-0.15, -0.1) is 0 Å². The first kappa shape index (κ1) is 20.9. The maximum Gasteiger partial charge on any atom is 0.282 e. The molecule has 0 spiro atoms. The number of benzene rings is 2. The molecule has 158 valence electrons. The number of amides is 1. The van der Waals surface area contributed by atoms with E-state index in [9.17, 15) is 9.59 Å². The number of hydrogen-bond acceptors (Lipinski definition) is 5. The first-order chi connectivity index (χ1) is 15.1. The van der Waals surface area contributed by atoms with Gasteiger partial charge in [0.2, 0.25) is 5.91 Å². The monoisotopic (exact) mass is 433 g/mol. The van der Waals surface area contributed by atoms with Crippen LogP contribution in [0.1, 0.15) is 12.5 Å². The summed E-state index contributed by atoms with van der Waals surface area (Å²) in [5.41, 5.74) is 2.59. The fourth-order valence-corrected chi connectivity index (χ4v) is 4.05. The summed E-state index contributed by atoms with van der Waals surface area (Å²) < 4.78 is 3.33. The van der Waals surface area contributed by atoms with Crippen molar-refractivity contribution in [1.82, 2.24) is 19.3 Å². The van der Waals surface area contributed by atoms with Crippen LogP contribution in [0.25, 0.3) is 11.0 Å². The SMILES string of the molecule is CCn1cc2nc(SCC(=O)Nc3ccccc3)n(CCc3ccccc3)c(=O)c2n1. The smallest absolute Gasteiger partial charge is 0.282 e. The molecule has 0 saturated carbocycles. The van der Waals surface area contributed by atoms with Crippen LogP contribution in [0.5, 0.6) is 0 Å². The van der Waals surface area contributed by atoms with Crippen LogP contribution >= 0.6 is 11.8 Å². The molecule has 0 fully saturated rings. The molecule has 0 aliphatic rings. The number of hydrogen-bond donors (Lipinski definition) is 1. The molecule has 0 unspecified atom stereocenters. The number of carbonyl (C=O) groups excluding carboxylic acids is 1. The average Bonchev–Trinajstić information content (AvgIpc) is 3.22. The summed E-state index contributed by atoms with van der Waals surface area (Å²) in [6.07, 6.45) is 2.46. The molecule has 0 aliphatic heterocycles. The Hall–Kier alpha value is -3.39. The van der Waals surface area contributed by atoms with Crippen LogP contribution in [0.15, 0.2) is 76.8 Å². The molecular formula is C23H23N5O2S. The third-order valence-corrected chi connectivity index (χ3v) is 5.79. The van der Waals surface area contributed by atoms with Crippen molar-refractivity contribution in [3.8, 4) is 0 Å². The van der Waals surface area contributed by atoms with Crippen LogP contribution in [0.2, 0.25) is 0 Å². The quantitative estimate of drug-likeness (QED) is 0.339. The van der Waals surface area contributed by atoms with Crippen LogP contribution in [0.3, 0.4) is 0 Å². The summed E-state index contributed by atoms with van der Waals surface area (Å²) in [6, 6.07) is 19.3. The van der Waals surface area contributed by atoms with Crippen molar-refractivity contribution in [1.29, 1.82) is 0 Å². The Morgan fingerprint density at radius 1 is 1.06 bits per heavy atom. The highest BCUT2D eigenvalue weighted by atomic mass is 32.2. The molecular weight excluding hydrogens is 410 g/mol.